The van der Waals surface area contributed by atoms with Crippen molar-refractivity contribution in [2.75, 3.05) is 0 Å². The summed E-state index contributed by atoms with van der Waals surface area (Å²) in [6, 6.07) is 28.5. The minimum atomic E-state index is -0.923. The van der Waals surface area contributed by atoms with E-state index in [1.54, 1.807) is 30.3 Å². The van der Waals surface area contributed by atoms with E-state index in [0.29, 0.717) is 26.7 Å². The summed E-state index contributed by atoms with van der Waals surface area (Å²) in [5, 5.41) is 3.87. The Labute approximate surface area is 225 Å². The standard InChI is InChI=1S/C30H25Cl2FN2O2/c31-25-14-13-24(27(32)18-25)19-34-30(37)29(23-9-5-2-6-10-23)35(20-22-11-15-26(33)16-12-22)28(36)17-21-7-3-1-4-8-21/h1-16,18,29H,17,19-20H2,(H,34,37)/t29-/m0/s1. The molecule has 4 aromatic rings. The van der Waals surface area contributed by atoms with E-state index in [4.69, 9.17) is 23.2 Å². The Morgan fingerprint density at radius 1 is 0.811 bits per heavy atom. The van der Waals surface area contributed by atoms with Gasteiger partial charge in [-0.1, -0.05) is 102 Å². The molecule has 37 heavy (non-hydrogen) atoms. The number of nitrogens with one attached hydrogen (secondary N) is 1. The van der Waals surface area contributed by atoms with Crippen molar-refractivity contribution in [3.05, 3.63) is 141 Å². The lowest BCUT2D eigenvalue weighted by molar-refractivity contribution is -0.141. The molecule has 0 aliphatic carbocycles. The van der Waals surface area contributed by atoms with Gasteiger partial charge >= 0.3 is 0 Å². The molecule has 0 bridgehead atoms. The van der Waals surface area contributed by atoms with Crippen molar-refractivity contribution >= 4 is 35.0 Å². The average molecular weight is 535 g/mol. The van der Waals surface area contributed by atoms with Gasteiger partial charge in [-0.3, -0.25) is 9.59 Å². The van der Waals surface area contributed by atoms with E-state index in [9.17, 15) is 14.0 Å². The number of benzene rings is 4. The summed E-state index contributed by atoms with van der Waals surface area (Å²) >= 11 is 12.3. The Balaban J connectivity index is 1.67. The molecule has 0 unspecified atom stereocenters. The zero-order valence-electron chi connectivity index (χ0n) is 19.9. The van der Waals surface area contributed by atoms with Crippen LogP contribution >= 0.6 is 23.2 Å². The van der Waals surface area contributed by atoms with E-state index < -0.39 is 6.04 Å². The molecule has 4 rings (SSSR count). The summed E-state index contributed by atoms with van der Waals surface area (Å²) in [6.07, 6.45) is 0.113. The highest BCUT2D eigenvalue weighted by atomic mass is 35.5. The van der Waals surface area contributed by atoms with Gasteiger partial charge in [-0.15, -0.1) is 0 Å². The molecule has 0 fully saturated rings. The van der Waals surface area contributed by atoms with Crippen molar-refractivity contribution in [3.63, 3.8) is 0 Å². The minimum absolute atomic E-state index is 0.113. The molecule has 0 radical (unpaired) electrons. The van der Waals surface area contributed by atoms with Crippen molar-refractivity contribution in [2.45, 2.75) is 25.6 Å². The van der Waals surface area contributed by atoms with Crippen molar-refractivity contribution in [1.29, 1.82) is 0 Å². The smallest absolute Gasteiger partial charge is 0.247 e. The van der Waals surface area contributed by atoms with Gasteiger partial charge in [0.1, 0.15) is 11.9 Å². The molecule has 1 N–H and O–H groups in total. The highest BCUT2D eigenvalue weighted by Crippen LogP contribution is 2.26. The largest absolute Gasteiger partial charge is 0.350 e. The van der Waals surface area contributed by atoms with Crippen LogP contribution in [0.4, 0.5) is 4.39 Å². The normalized spacial score (nSPS) is 11.5. The van der Waals surface area contributed by atoms with E-state index >= 15 is 0 Å². The van der Waals surface area contributed by atoms with Crippen molar-refractivity contribution in [3.8, 4) is 0 Å². The van der Waals surface area contributed by atoms with Gasteiger partial charge in [0.15, 0.2) is 0 Å². The second kappa shape index (κ2) is 12.5. The number of carbonyl (C=O) groups excluding carboxylic acids is 2. The van der Waals surface area contributed by atoms with Gasteiger partial charge in [-0.2, -0.15) is 0 Å². The molecular formula is C30H25Cl2FN2O2. The van der Waals surface area contributed by atoms with Crippen molar-refractivity contribution in [1.82, 2.24) is 10.2 Å². The molecule has 4 aromatic carbocycles. The Bertz CT molecular complexity index is 1350. The van der Waals surface area contributed by atoms with E-state index in [0.717, 1.165) is 5.56 Å². The van der Waals surface area contributed by atoms with Crippen molar-refractivity contribution < 1.29 is 14.0 Å². The van der Waals surface area contributed by atoms with Gasteiger partial charge < -0.3 is 10.2 Å². The predicted octanol–water partition coefficient (Wildman–Crippen LogP) is 6.76. The molecule has 2 amide bonds. The Morgan fingerprint density at radius 2 is 1.46 bits per heavy atom. The van der Waals surface area contributed by atoms with Crippen LogP contribution in [0.5, 0.6) is 0 Å². The quantitative estimate of drug-likeness (QED) is 0.258. The fourth-order valence-electron chi connectivity index (χ4n) is 4.03. The number of nitrogens with zero attached hydrogens (tertiary/aromatic N) is 1. The number of carbonyl (C=O) groups is 2. The van der Waals surface area contributed by atoms with Crippen molar-refractivity contribution in [2.24, 2.45) is 0 Å². The van der Waals surface area contributed by atoms with E-state index in [1.807, 2.05) is 60.7 Å². The maximum atomic E-state index is 13.7. The lowest BCUT2D eigenvalue weighted by Crippen LogP contribution is -2.43. The van der Waals surface area contributed by atoms with E-state index in [1.165, 1.54) is 17.0 Å². The SMILES string of the molecule is O=C(NCc1ccc(Cl)cc1Cl)[C@H](c1ccccc1)N(Cc1ccc(F)cc1)C(=O)Cc1ccccc1. The molecule has 0 aliphatic rings. The monoisotopic (exact) mass is 534 g/mol. The summed E-state index contributed by atoms with van der Waals surface area (Å²) in [5.74, 6) is -0.965. The van der Waals surface area contributed by atoms with Crippen LogP contribution in [0.15, 0.2) is 103 Å². The van der Waals surface area contributed by atoms with Gasteiger partial charge in [0.2, 0.25) is 11.8 Å². The molecule has 1 atom stereocenters. The summed E-state index contributed by atoms with van der Waals surface area (Å²) in [7, 11) is 0. The third kappa shape index (κ3) is 7.19. The van der Waals surface area contributed by atoms with Gasteiger partial charge in [-0.25, -0.2) is 4.39 Å². The lowest BCUT2D eigenvalue weighted by Gasteiger charge is -2.32. The summed E-state index contributed by atoms with van der Waals surface area (Å²) in [5.41, 5.74) is 2.90. The van der Waals surface area contributed by atoms with Crippen LogP contribution in [0.1, 0.15) is 28.3 Å². The van der Waals surface area contributed by atoms with Crippen LogP contribution < -0.4 is 5.32 Å². The first kappa shape index (κ1) is 26.4. The van der Waals surface area contributed by atoms with Gasteiger partial charge in [-0.05, 0) is 46.5 Å². The van der Waals surface area contributed by atoms with E-state index in [2.05, 4.69) is 5.32 Å². The Morgan fingerprint density at radius 3 is 2.11 bits per heavy atom. The predicted molar refractivity (Wildman–Crippen MR) is 145 cm³/mol. The number of hydrogen-bond donors (Lipinski definition) is 1. The third-order valence-electron chi connectivity index (χ3n) is 5.93. The summed E-state index contributed by atoms with van der Waals surface area (Å²) in [4.78, 5) is 28.9. The first-order valence-electron chi connectivity index (χ1n) is 11.7. The summed E-state index contributed by atoms with van der Waals surface area (Å²) < 4.78 is 13.6. The van der Waals surface area contributed by atoms with E-state index in [-0.39, 0.29) is 37.1 Å². The van der Waals surface area contributed by atoms with Gasteiger partial charge in [0.05, 0.1) is 6.42 Å². The van der Waals surface area contributed by atoms with Crippen LogP contribution in [0, 0.1) is 5.82 Å². The van der Waals surface area contributed by atoms with Crippen LogP contribution in [-0.4, -0.2) is 16.7 Å². The average Bonchev–Trinajstić information content (AvgIpc) is 2.90. The number of rotatable bonds is 9. The highest BCUT2D eigenvalue weighted by molar-refractivity contribution is 6.35. The third-order valence-corrected chi connectivity index (χ3v) is 6.52. The molecule has 7 heteroatoms. The molecule has 0 saturated heterocycles. The number of hydrogen-bond acceptors (Lipinski definition) is 2. The fourth-order valence-corrected chi connectivity index (χ4v) is 4.51. The zero-order valence-corrected chi connectivity index (χ0v) is 21.4. The minimum Gasteiger partial charge on any atom is -0.350 e. The topological polar surface area (TPSA) is 49.4 Å². The number of halogens is 3. The van der Waals surface area contributed by atoms with Gasteiger partial charge in [0.25, 0.3) is 0 Å². The molecule has 4 nitrogen and oxygen atoms in total. The zero-order chi connectivity index (χ0) is 26.2. The molecule has 0 heterocycles. The second-order valence-corrected chi connectivity index (χ2v) is 9.42. The van der Waals surface area contributed by atoms with Crippen LogP contribution in [0.2, 0.25) is 10.0 Å². The second-order valence-electron chi connectivity index (χ2n) is 8.58. The lowest BCUT2D eigenvalue weighted by atomic mass is 10.0. The van der Waals surface area contributed by atoms with Gasteiger partial charge in [0, 0.05) is 23.1 Å². The fraction of sp³-hybridized carbons (Fsp3) is 0.133. The maximum Gasteiger partial charge on any atom is 0.247 e. The highest BCUT2D eigenvalue weighted by Gasteiger charge is 2.31. The van der Waals surface area contributed by atoms with Crippen LogP contribution in [0.25, 0.3) is 0 Å². The van der Waals surface area contributed by atoms with Crippen LogP contribution in [-0.2, 0) is 29.1 Å². The van der Waals surface area contributed by atoms with Crippen LogP contribution in [0.3, 0.4) is 0 Å². The Hall–Kier alpha value is -3.67. The first-order valence-corrected chi connectivity index (χ1v) is 12.5. The molecule has 0 spiro atoms. The first-order chi connectivity index (χ1) is 17.9. The molecule has 0 aliphatic heterocycles. The molecular weight excluding hydrogens is 510 g/mol. The molecule has 0 saturated carbocycles. The number of amides is 2. The molecule has 188 valence electrons. The summed E-state index contributed by atoms with van der Waals surface area (Å²) in [6.45, 7) is 0.288. The molecule has 0 aromatic heterocycles. The Kier molecular flexibility index (Phi) is 8.94. The maximum absolute atomic E-state index is 13.7.